The number of hydrogen-bond acceptors (Lipinski definition) is 6. The van der Waals surface area contributed by atoms with E-state index in [1.54, 1.807) is 12.1 Å². The van der Waals surface area contributed by atoms with Crippen LogP contribution in [-0.2, 0) is 21.9 Å². The number of aromatic nitrogens is 2. The summed E-state index contributed by atoms with van der Waals surface area (Å²) in [6.45, 7) is 6.45. The zero-order valence-corrected chi connectivity index (χ0v) is 16.5. The van der Waals surface area contributed by atoms with Gasteiger partial charge in [0.1, 0.15) is 0 Å². The molecule has 0 amide bonds. The lowest BCUT2D eigenvalue weighted by Gasteiger charge is -2.19. The second kappa shape index (κ2) is 7.30. The summed E-state index contributed by atoms with van der Waals surface area (Å²) < 4.78 is 32.9. The second-order valence-corrected chi connectivity index (χ2v) is 9.62. The van der Waals surface area contributed by atoms with Crippen LogP contribution in [0.3, 0.4) is 0 Å². The van der Waals surface area contributed by atoms with Gasteiger partial charge in [0.15, 0.2) is 0 Å². The monoisotopic (exact) mass is 391 g/mol. The van der Waals surface area contributed by atoms with Gasteiger partial charge in [-0.1, -0.05) is 39.0 Å². The van der Waals surface area contributed by atoms with Gasteiger partial charge in [-0.15, -0.1) is 21.5 Å². The molecule has 1 aromatic carbocycles. The molecule has 3 aromatic rings. The first-order valence-corrected chi connectivity index (χ1v) is 10.6. The fraction of sp³-hybridized carbons (Fsp3) is 0.333. The lowest BCUT2D eigenvalue weighted by atomic mass is 9.87. The lowest BCUT2D eigenvalue weighted by Crippen LogP contribution is -2.26. The van der Waals surface area contributed by atoms with Gasteiger partial charge in [-0.3, -0.25) is 0 Å². The highest BCUT2D eigenvalue weighted by molar-refractivity contribution is 7.89. The summed E-state index contributed by atoms with van der Waals surface area (Å²) in [5.74, 6) is 0.856. The zero-order valence-electron chi connectivity index (χ0n) is 14.9. The summed E-state index contributed by atoms with van der Waals surface area (Å²) in [6, 6.07) is 10.8. The van der Waals surface area contributed by atoms with E-state index in [1.165, 1.54) is 11.3 Å². The lowest BCUT2D eigenvalue weighted by molar-refractivity contribution is 0.503. The summed E-state index contributed by atoms with van der Waals surface area (Å²) in [4.78, 5) is 1.14. The fourth-order valence-corrected chi connectivity index (χ4v) is 4.04. The summed E-state index contributed by atoms with van der Waals surface area (Å²) >= 11 is 1.51. The minimum absolute atomic E-state index is 0.0199. The smallest absolute Gasteiger partial charge is 0.257 e. The maximum Gasteiger partial charge on any atom is 0.257 e. The van der Waals surface area contributed by atoms with Crippen molar-refractivity contribution in [3.8, 4) is 10.8 Å². The van der Waals surface area contributed by atoms with Crippen LogP contribution < -0.4 is 4.72 Å². The molecule has 0 saturated heterocycles. The average Bonchev–Trinajstić information content (AvgIpc) is 3.25. The van der Waals surface area contributed by atoms with Crippen LogP contribution in [0.2, 0.25) is 0 Å². The Morgan fingerprint density at radius 3 is 2.46 bits per heavy atom. The van der Waals surface area contributed by atoms with E-state index in [-0.39, 0.29) is 16.9 Å². The van der Waals surface area contributed by atoms with Crippen molar-refractivity contribution in [3.63, 3.8) is 0 Å². The van der Waals surface area contributed by atoms with Crippen molar-refractivity contribution in [1.29, 1.82) is 0 Å². The third kappa shape index (κ3) is 4.38. The summed E-state index contributed by atoms with van der Waals surface area (Å²) in [5, 5.41) is 9.87. The number of rotatable bonds is 6. The van der Waals surface area contributed by atoms with Gasteiger partial charge in [-0.25, -0.2) is 13.1 Å². The molecule has 138 valence electrons. The minimum atomic E-state index is -3.57. The molecular formula is C18H21N3O3S2. The molecule has 0 aliphatic carbocycles. The van der Waals surface area contributed by atoms with E-state index in [4.69, 9.17) is 4.42 Å². The fourth-order valence-electron chi connectivity index (χ4n) is 2.36. The molecule has 0 atom stereocenters. The Bertz CT molecular complexity index is 954. The highest BCUT2D eigenvalue weighted by Gasteiger charge is 2.18. The third-order valence-electron chi connectivity index (χ3n) is 3.86. The van der Waals surface area contributed by atoms with Gasteiger partial charge in [0.2, 0.25) is 15.9 Å². The molecule has 0 saturated carbocycles. The van der Waals surface area contributed by atoms with Crippen LogP contribution in [0.25, 0.3) is 10.8 Å². The van der Waals surface area contributed by atoms with Crippen molar-refractivity contribution in [2.75, 3.05) is 6.54 Å². The number of nitrogens with zero attached hydrogens (tertiary/aromatic N) is 2. The molecule has 0 unspecified atom stereocenters. The van der Waals surface area contributed by atoms with Crippen molar-refractivity contribution < 1.29 is 12.8 Å². The number of hydrogen-bond donors (Lipinski definition) is 1. The average molecular weight is 392 g/mol. The van der Waals surface area contributed by atoms with Crippen LogP contribution in [0.5, 0.6) is 0 Å². The standard InChI is InChI=1S/C18H21N3O3S2/c1-18(2,3)13-6-8-14(9-7-13)26(22,23)19-11-10-16-20-21-17(24-16)15-5-4-12-25-15/h4-9,12,19H,10-11H2,1-3H3. The van der Waals surface area contributed by atoms with Crippen molar-refractivity contribution in [3.05, 3.63) is 53.2 Å². The van der Waals surface area contributed by atoms with E-state index in [9.17, 15) is 8.42 Å². The number of sulfonamides is 1. The van der Waals surface area contributed by atoms with E-state index in [2.05, 4.69) is 35.7 Å². The summed E-state index contributed by atoms with van der Waals surface area (Å²) in [6.07, 6.45) is 0.331. The Hall–Kier alpha value is -2.03. The van der Waals surface area contributed by atoms with Gasteiger partial charge < -0.3 is 4.42 Å². The van der Waals surface area contributed by atoms with Crippen LogP contribution in [0.4, 0.5) is 0 Å². The minimum Gasteiger partial charge on any atom is -0.420 e. The molecule has 26 heavy (non-hydrogen) atoms. The van der Waals surface area contributed by atoms with Gasteiger partial charge in [-0.2, -0.15) is 0 Å². The van der Waals surface area contributed by atoms with Crippen LogP contribution in [0.1, 0.15) is 32.2 Å². The molecule has 0 fully saturated rings. The highest BCUT2D eigenvalue weighted by atomic mass is 32.2. The Labute approximate surface area is 157 Å². The number of benzene rings is 1. The van der Waals surface area contributed by atoms with Gasteiger partial charge >= 0.3 is 0 Å². The quantitative estimate of drug-likeness (QED) is 0.694. The number of thiophene rings is 1. The van der Waals surface area contributed by atoms with E-state index in [0.29, 0.717) is 18.2 Å². The van der Waals surface area contributed by atoms with Crippen LogP contribution >= 0.6 is 11.3 Å². The largest absolute Gasteiger partial charge is 0.420 e. The first-order chi connectivity index (χ1) is 12.3. The van der Waals surface area contributed by atoms with Crippen LogP contribution in [0.15, 0.2) is 51.1 Å². The van der Waals surface area contributed by atoms with Gasteiger partial charge in [0, 0.05) is 13.0 Å². The van der Waals surface area contributed by atoms with E-state index in [1.807, 2.05) is 29.6 Å². The predicted molar refractivity (Wildman–Crippen MR) is 102 cm³/mol. The van der Waals surface area contributed by atoms with Crippen LogP contribution in [-0.4, -0.2) is 25.2 Å². The maximum atomic E-state index is 12.4. The first kappa shape index (κ1) is 18.8. The van der Waals surface area contributed by atoms with Crippen molar-refractivity contribution in [2.45, 2.75) is 37.5 Å². The first-order valence-electron chi connectivity index (χ1n) is 8.22. The summed E-state index contributed by atoms with van der Waals surface area (Å²) in [7, 11) is -3.57. The molecule has 0 radical (unpaired) electrons. The molecule has 2 heterocycles. The molecular weight excluding hydrogens is 370 g/mol. The van der Waals surface area contributed by atoms with Crippen LogP contribution in [0, 0.1) is 0 Å². The zero-order chi connectivity index (χ0) is 18.8. The molecule has 0 bridgehead atoms. The van der Waals surface area contributed by atoms with E-state index >= 15 is 0 Å². The highest BCUT2D eigenvalue weighted by Crippen LogP contribution is 2.24. The molecule has 0 aliphatic rings. The van der Waals surface area contributed by atoms with E-state index in [0.717, 1.165) is 10.4 Å². The Morgan fingerprint density at radius 1 is 1.12 bits per heavy atom. The molecule has 2 aromatic heterocycles. The van der Waals surface area contributed by atoms with Crippen molar-refractivity contribution >= 4 is 21.4 Å². The van der Waals surface area contributed by atoms with Crippen molar-refractivity contribution in [2.24, 2.45) is 0 Å². The SMILES string of the molecule is CC(C)(C)c1ccc(S(=O)(=O)NCCc2nnc(-c3cccs3)o2)cc1. The van der Waals surface area contributed by atoms with Gasteiger partial charge in [0.25, 0.3) is 5.89 Å². The van der Waals surface area contributed by atoms with Gasteiger partial charge in [0.05, 0.1) is 9.77 Å². The van der Waals surface area contributed by atoms with Gasteiger partial charge in [-0.05, 0) is 34.6 Å². The summed E-state index contributed by atoms with van der Waals surface area (Å²) in [5.41, 5.74) is 1.07. The van der Waals surface area contributed by atoms with Crippen molar-refractivity contribution in [1.82, 2.24) is 14.9 Å². The Kier molecular flexibility index (Phi) is 5.27. The molecule has 0 aliphatic heterocycles. The second-order valence-electron chi connectivity index (χ2n) is 6.90. The van der Waals surface area contributed by atoms with E-state index < -0.39 is 10.0 Å². The molecule has 0 spiro atoms. The molecule has 3 rings (SSSR count). The molecule has 1 N–H and O–H groups in total. The predicted octanol–water partition coefficient (Wildman–Crippen LogP) is 3.62. The Balaban J connectivity index is 1.60. The third-order valence-corrected chi connectivity index (χ3v) is 6.20. The maximum absolute atomic E-state index is 12.4. The topological polar surface area (TPSA) is 85.1 Å². The normalized spacial score (nSPS) is 12.4. The Morgan fingerprint density at radius 2 is 1.85 bits per heavy atom. The molecule has 8 heteroatoms. The molecule has 6 nitrogen and oxygen atoms in total. The number of nitrogens with one attached hydrogen (secondary N) is 1.